The molecular formula is C18H23N3O6. The minimum Gasteiger partial charge on any atom is -0.462 e. The van der Waals surface area contributed by atoms with Gasteiger partial charge in [-0.25, -0.2) is 9.59 Å². The van der Waals surface area contributed by atoms with Gasteiger partial charge in [-0.2, -0.15) is 0 Å². The number of hydrogen-bond acceptors (Lipinski definition) is 7. The molecule has 1 aliphatic heterocycles. The fraction of sp³-hybridized carbons (Fsp3) is 0.444. The van der Waals surface area contributed by atoms with Crippen LogP contribution < -0.4 is 16.0 Å². The summed E-state index contributed by atoms with van der Waals surface area (Å²) in [6, 6.07) is 3.54. The first-order chi connectivity index (χ1) is 12.9. The van der Waals surface area contributed by atoms with Crippen molar-refractivity contribution < 1.29 is 28.7 Å². The molecule has 1 atom stereocenters. The van der Waals surface area contributed by atoms with E-state index in [0.717, 1.165) is 0 Å². The molecule has 1 aromatic rings. The number of carbonyl (C=O) groups excluding carboxylic acids is 4. The second-order valence-corrected chi connectivity index (χ2v) is 5.79. The normalized spacial score (nSPS) is 16.2. The van der Waals surface area contributed by atoms with E-state index in [9.17, 15) is 19.2 Å². The van der Waals surface area contributed by atoms with Crippen molar-refractivity contribution in [3.63, 3.8) is 0 Å². The van der Waals surface area contributed by atoms with E-state index >= 15 is 0 Å². The Hall–Kier alpha value is -2.94. The molecule has 0 spiro atoms. The summed E-state index contributed by atoms with van der Waals surface area (Å²) in [5, 5.41) is 8.24. The summed E-state index contributed by atoms with van der Waals surface area (Å²) in [7, 11) is 0. The number of benzene rings is 1. The summed E-state index contributed by atoms with van der Waals surface area (Å²) in [6.45, 7) is 4.77. The lowest BCUT2D eigenvalue weighted by Crippen LogP contribution is -2.53. The molecule has 0 bridgehead atoms. The maximum Gasteiger partial charge on any atom is 0.338 e. The van der Waals surface area contributed by atoms with Crippen molar-refractivity contribution >= 4 is 29.4 Å². The van der Waals surface area contributed by atoms with Crippen LogP contribution in [0.2, 0.25) is 0 Å². The van der Waals surface area contributed by atoms with E-state index < -0.39 is 23.9 Å². The molecular weight excluding hydrogens is 354 g/mol. The number of piperazine rings is 1. The Bertz CT molecular complexity index is 698. The van der Waals surface area contributed by atoms with E-state index in [1.54, 1.807) is 13.8 Å². The number of rotatable bonds is 7. The lowest BCUT2D eigenvalue weighted by Gasteiger charge is -2.23. The van der Waals surface area contributed by atoms with Gasteiger partial charge in [0.25, 0.3) is 0 Å². The van der Waals surface area contributed by atoms with Crippen molar-refractivity contribution in [2.75, 3.05) is 31.6 Å². The second-order valence-electron chi connectivity index (χ2n) is 5.79. The van der Waals surface area contributed by atoms with Crippen molar-refractivity contribution in [2.24, 2.45) is 0 Å². The maximum atomic E-state index is 12.3. The number of amides is 2. The Morgan fingerprint density at radius 2 is 1.63 bits per heavy atom. The minimum atomic E-state index is -0.628. The average molecular weight is 377 g/mol. The van der Waals surface area contributed by atoms with Gasteiger partial charge in [-0.05, 0) is 32.0 Å². The van der Waals surface area contributed by atoms with Crippen molar-refractivity contribution in [1.29, 1.82) is 0 Å². The molecule has 0 saturated carbocycles. The highest BCUT2D eigenvalue weighted by molar-refractivity contribution is 6.00. The SMILES string of the molecule is CCOC(=O)c1cc(NC(=O)CC2NCCNC2=O)cc(C(=O)OCC)c1. The predicted octanol–water partition coefficient (Wildman–Crippen LogP) is 0.457. The van der Waals surface area contributed by atoms with E-state index in [1.807, 2.05) is 0 Å². The van der Waals surface area contributed by atoms with Crippen LogP contribution in [0.25, 0.3) is 0 Å². The number of carbonyl (C=O) groups is 4. The first kappa shape index (κ1) is 20.4. The average Bonchev–Trinajstić information content (AvgIpc) is 2.63. The lowest BCUT2D eigenvalue weighted by atomic mass is 10.1. The molecule has 146 valence electrons. The molecule has 0 aromatic heterocycles. The Morgan fingerprint density at radius 1 is 1.04 bits per heavy atom. The zero-order valence-corrected chi connectivity index (χ0v) is 15.3. The number of esters is 2. The van der Waals surface area contributed by atoms with Crippen LogP contribution in [0, 0.1) is 0 Å². The van der Waals surface area contributed by atoms with Crippen LogP contribution in [-0.2, 0) is 19.1 Å². The molecule has 0 radical (unpaired) electrons. The molecule has 27 heavy (non-hydrogen) atoms. The van der Waals surface area contributed by atoms with Crippen molar-refractivity contribution in [3.8, 4) is 0 Å². The van der Waals surface area contributed by atoms with Crippen LogP contribution in [0.15, 0.2) is 18.2 Å². The smallest absolute Gasteiger partial charge is 0.338 e. The highest BCUT2D eigenvalue weighted by atomic mass is 16.5. The number of anilines is 1. The lowest BCUT2D eigenvalue weighted by molar-refractivity contribution is -0.127. The van der Waals surface area contributed by atoms with Crippen LogP contribution in [0.5, 0.6) is 0 Å². The van der Waals surface area contributed by atoms with Crippen LogP contribution in [0.4, 0.5) is 5.69 Å². The molecule has 0 aliphatic carbocycles. The third kappa shape index (κ3) is 5.78. The van der Waals surface area contributed by atoms with Gasteiger partial charge in [0.15, 0.2) is 0 Å². The van der Waals surface area contributed by atoms with Gasteiger partial charge in [0.2, 0.25) is 11.8 Å². The highest BCUT2D eigenvalue weighted by Crippen LogP contribution is 2.18. The first-order valence-electron chi connectivity index (χ1n) is 8.74. The molecule has 1 saturated heterocycles. The number of ether oxygens (including phenoxy) is 2. The van der Waals surface area contributed by atoms with E-state index in [-0.39, 0.29) is 42.4 Å². The zero-order valence-electron chi connectivity index (χ0n) is 15.3. The third-order valence-corrected chi connectivity index (χ3v) is 3.76. The van der Waals surface area contributed by atoms with Gasteiger partial charge in [-0.3, -0.25) is 9.59 Å². The van der Waals surface area contributed by atoms with Gasteiger partial charge in [0.05, 0.1) is 36.8 Å². The van der Waals surface area contributed by atoms with Crippen molar-refractivity contribution in [3.05, 3.63) is 29.3 Å². The molecule has 9 heteroatoms. The van der Waals surface area contributed by atoms with Gasteiger partial charge < -0.3 is 25.4 Å². The summed E-state index contributed by atoms with van der Waals surface area (Å²) in [5.74, 6) is -1.91. The van der Waals surface area contributed by atoms with E-state index in [2.05, 4.69) is 16.0 Å². The monoisotopic (exact) mass is 377 g/mol. The van der Waals surface area contributed by atoms with Crippen molar-refractivity contribution in [2.45, 2.75) is 26.3 Å². The molecule has 1 unspecified atom stereocenters. The van der Waals surface area contributed by atoms with Gasteiger partial charge in [-0.1, -0.05) is 0 Å². The molecule has 1 aromatic carbocycles. The van der Waals surface area contributed by atoms with Crippen LogP contribution in [0.3, 0.4) is 0 Å². The predicted molar refractivity (Wildman–Crippen MR) is 96.4 cm³/mol. The molecule has 9 nitrogen and oxygen atoms in total. The molecule has 1 fully saturated rings. The fourth-order valence-corrected chi connectivity index (χ4v) is 2.57. The van der Waals surface area contributed by atoms with Crippen LogP contribution in [-0.4, -0.2) is 56.1 Å². The Kier molecular flexibility index (Phi) is 7.30. The number of nitrogens with one attached hydrogen (secondary N) is 3. The summed E-state index contributed by atoms with van der Waals surface area (Å²) in [5.41, 5.74) is 0.474. The van der Waals surface area contributed by atoms with Gasteiger partial charge in [0.1, 0.15) is 0 Å². The first-order valence-corrected chi connectivity index (χ1v) is 8.74. The van der Waals surface area contributed by atoms with Crippen molar-refractivity contribution in [1.82, 2.24) is 10.6 Å². The Balaban J connectivity index is 2.17. The molecule has 2 rings (SSSR count). The third-order valence-electron chi connectivity index (χ3n) is 3.76. The van der Waals surface area contributed by atoms with E-state index in [0.29, 0.717) is 13.1 Å². The fourth-order valence-electron chi connectivity index (χ4n) is 2.57. The maximum absolute atomic E-state index is 12.3. The quantitative estimate of drug-likeness (QED) is 0.590. The topological polar surface area (TPSA) is 123 Å². The molecule has 1 aliphatic rings. The zero-order chi connectivity index (χ0) is 19.8. The van der Waals surface area contributed by atoms with Crippen LogP contribution >= 0.6 is 0 Å². The van der Waals surface area contributed by atoms with E-state index in [1.165, 1.54) is 18.2 Å². The van der Waals surface area contributed by atoms with Crippen LogP contribution in [0.1, 0.15) is 41.0 Å². The second kappa shape index (κ2) is 9.67. The van der Waals surface area contributed by atoms with E-state index in [4.69, 9.17) is 9.47 Å². The summed E-state index contributed by atoms with van der Waals surface area (Å²) in [4.78, 5) is 48.1. The van der Waals surface area contributed by atoms with Gasteiger partial charge in [-0.15, -0.1) is 0 Å². The molecule has 2 amide bonds. The summed E-state index contributed by atoms with van der Waals surface area (Å²) < 4.78 is 9.90. The summed E-state index contributed by atoms with van der Waals surface area (Å²) in [6.07, 6.45) is -0.0792. The standard InChI is InChI=1S/C18H23N3O6/c1-3-26-17(24)11-7-12(18(25)27-4-2)9-13(8-11)21-15(22)10-14-16(23)20-6-5-19-14/h7-9,14,19H,3-6,10H2,1-2H3,(H,20,23)(H,21,22). The Morgan fingerprint density at radius 3 is 2.15 bits per heavy atom. The highest BCUT2D eigenvalue weighted by Gasteiger charge is 2.24. The minimum absolute atomic E-state index is 0.0792. The Labute approximate surface area is 156 Å². The molecule has 1 heterocycles. The van der Waals surface area contributed by atoms with Gasteiger partial charge in [0, 0.05) is 18.8 Å². The number of hydrogen-bond donors (Lipinski definition) is 3. The summed E-state index contributed by atoms with van der Waals surface area (Å²) >= 11 is 0. The largest absolute Gasteiger partial charge is 0.462 e. The van der Waals surface area contributed by atoms with Gasteiger partial charge >= 0.3 is 11.9 Å². The molecule has 3 N–H and O–H groups in total.